The third kappa shape index (κ3) is 3.88. The number of hydrogen-bond donors (Lipinski definition) is 1. The van der Waals surface area contributed by atoms with E-state index in [0.29, 0.717) is 43.1 Å². The predicted octanol–water partition coefficient (Wildman–Crippen LogP) is 5.45. The highest BCUT2D eigenvalue weighted by molar-refractivity contribution is 5.93. The number of aryl methyl sites for hydroxylation is 2. The number of benzene rings is 1. The Hall–Kier alpha value is -2.51. The van der Waals surface area contributed by atoms with Gasteiger partial charge in [-0.1, -0.05) is 6.42 Å². The van der Waals surface area contributed by atoms with Gasteiger partial charge in [0.15, 0.2) is 5.69 Å². The molecule has 2 aliphatic carbocycles. The van der Waals surface area contributed by atoms with Gasteiger partial charge in [0.2, 0.25) is 5.91 Å². The van der Waals surface area contributed by atoms with E-state index >= 15 is 0 Å². The molecule has 172 valence electrons. The van der Waals surface area contributed by atoms with Crippen LogP contribution in [-0.4, -0.2) is 22.2 Å². The molecule has 1 aromatic heterocycles. The zero-order chi connectivity index (χ0) is 22.7. The van der Waals surface area contributed by atoms with E-state index in [-0.39, 0.29) is 5.91 Å². The topological polar surface area (TPSA) is 50.2 Å². The van der Waals surface area contributed by atoms with E-state index in [9.17, 15) is 18.0 Å². The van der Waals surface area contributed by atoms with Crippen molar-refractivity contribution in [3.05, 3.63) is 40.7 Å². The molecule has 0 bridgehead atoms. The van der Waals surface area contributed by atoms with E-state index in [0.717, 1.165) is 28.6 Å². The largest absolute Gasteiger partial charge is 0.435 e. The SMILES string of the molecule is Cc1cc(N2CCn3nc(C(F)(F)F)cc3C2)cc(C)c1NC(=O)CC1CC2(CCC2)C1. The number of rotatable bonds is 4. The van der Waals surface area contributed by atoms with Gasteiger partial charge in [-0.25, -0.2) is 0 Å². The molecular weight excluding hydrogens is 417 g/mol. The van der Waals surface area contributed by atoms with Crippen molar-refractivity contribution < 1.29 is 18.0 Å². The van der Waals surface area contributed by atoms with Gasteiger partial charge in [-0.15, -0.1) is 0 Å². The molecule has 1 spiro atoms. The molecule has 2 aromatic rings. The molecule has 0 radical (unpaired) electrons. The fourth-order valence-corrected chi connectivity index (χ4v) is 5.79. The number of nitrogens with zero attached hydrogens (tertiary/aromatic N) is 3. The summed E-state index contributed by atoms with van der Waals surface area (Å²) in [5.41, 5.74) is 4.02. The lowest BCUT2D eigenvalue weighted by atomic mass is 9.51. The number of amides is 1. The van der Waals surface area contributed by atoms with Crippen LogP contribution in [0.3, 0.4) is 0 Å². The number of fused-ring (bicyclic) bond motifs is 1. The lowest BCUT2D eigenvalue weighted by Crippen LogP contribution is -2.43. The summed E-state index contributed by atoms with van der Waals surface area (Å²) in [6, 6.07) is 5.15. The molecule has 2 saturated carbocycles. The van der Waals surface area contributed by atoms with E-state index in [1.165, 1.54) is 36.8 Å². The highest BCUT2D eigenvalue weighted by Crippen LogP contribution is 2.59. The molecule has 2 heterocycles. The number of alkyl halides is 3. The second-order valence-electron chi connectivity index (χ2n) is 10.00. The molecule has 2 fully saturated rings. The minimum absolute atomic E-state index is 0.0738. The summed E-state index contributed by atoms with van der Waals surface area (Å²) in [5.74, 6) is 0.583. The summed E-state index contributed by atoms with van der Waals surface area (Å²) < 4.78 is 40.4. The van der Waals surface area contributed by atoms with Crippen molar-refractivity contribution in [2.24, 2.45) is 11.3 Å². The summed E-state index contributed by atoms with van der Waals surface area (Å²) in [7, 11) is 0. The van der Waals surface area contributed by atoms with E-state index in [2.05, 4.69) is 15.3 Å². The van der Waals surface area contributed by atoms with Gasteiger partial charge in [-0.05, 0) is 80.2 Å². The highest BCUT2D eigenvalue weighted by Gasteiger charge is 2.48. The smallest absolute Gasteiger partial charge is 0.364 e. The van der Waals surface area contributed by atoms with Crippen molar-refractivity contribution in [3.63, 3.8) is 0 Å². The van der Waals surface area contributed by atoms with Crippen molar-refractivity contribution in [2.75, 3.05) is 16.8 Å². The van der Waals surface area contributed by atoms with Crippen molar-refractivity contribution >= 4 is 17.3 Å². The van der Waals surface area contributed by atoms with E-state index in [4.69, 9.17) is 0 Å². The molecule has 5 rings (SSSR count). The van der Waals surface area contributed by atoms with E-state index in [1.807, 2.05) is 26.0 Å². The first-order valence-corrected chi connectivity index (χ1v) is 11.4. The summed E-state index contributed by atoms with van der Waals surface area (Å²) in [4.78, 5) is 14.7. The number of nitrogens with one attached hydrogen (secondary N) is 1. The molecule has 1 N–H and O–H groups in total. The molecule has 32 heavy (non-hydrogen) atoms. The Balaban J connectivity index is 1.25. The van der Waals surface area contributed by atoms with Crippen LogP contribution in [0.25, 0.3) is 0 Å². The van der Waals surface area contributed by atoms with Gasteiger partial charge >= 0.3 is 6.18 Å². The predicted molar refractivity (Wildman–Crippen MR) is 116 cm³/mol. The van der Waals surface area contributed by atoms with Crippen LogP contribution < -0.4 is 10.2 Å². The molecule has 0 atom stereocenters. The van der Waals surface area contributed by atoms with Crippen molar-refractivity contribution in [2.45, 2.75) is 71.6 Å². The zero-order valence-corrected chi connectivity index (χ0v) is 18.6. The number of carbonyl (C=O) groups is 1. The first kappa shape index (κ1) is 21.3. The van der Waals surface area contributed by atoms with Gasteiger partial charge in [-0.3, -0.25) is 9.48 Å². The molecular formula is C24H29F3N4O. The zero-order valence-electron chi connectivity index (χ0n) is 18.6. The fourth-order valence-electron chi connectivity index (χ4n) is 5.79. The van der Waals surface area contributed by atoms with Crippen LogP contribution in [-0.2, 0) is 24.1 Å². The lowest BCUT2D eigenvalue weighted by Gasteiger charge is -2.54. The van der Waals surface area contributed by atoms with Crippen LogP contribution >= 0.6 is 0 Å². The Bertz CT molecular complexity index is 1020. The van der Waals surface area contributed by atoms with Gasteiger partial charge in [0.05, 0.1) is 18.8 Å². The van der Waals surface area contributed by atoms with Crippen LogP contribution in [0.5, 0.6) is 0 Å². The summed E-state index contributed by atoms with van der Waals surface area (Å²) >= 11 is 0. The Labute approximate surface area is 186 Å². The number of aromatic nitrogens is 2. The standard InChI is InChI=1S/C24H29F3N4O/c1-15-8-18(30-6-7-31-19(14-30)11-20(29-31)24(25,26)27)9-16(2)22(15)28-21(32)10-17-12-23(13-17)4-3-5-23/h8-9,11,17H,3-7,10,12-14H2,1-2H3,(H,28,32). The molecule has 1 amide bonds. The normalized spacial score (nSPS) is 20.0. The Morgan fingerprint density at radius 3 is 2.44 bits per heavy atom. The van der Waals surface area contributed by atoms with Crippen LogP contribution in [0.1, 0.15) is 61.0 Å². The second-order valence-corrected chi connectivity index (χ2v) is 10.00. The molecule has 0 saturated heterocycles. The van der Waals surface area contributed by atoms with Crippen LogP contribution in [0.2, 0.25) is 0 Å². The van der Waals surface area contributed by atoms with Crippen LogP contribution in [0.15, 0.2) is 18.2 Å². The lowest BCUT2D eigenvalue weighted by molar-refractivity contribution is -0.141. The van der Waals surface area contributed by atoms with Gasteiger partial charge in [0.25, 0.3) is 0 Å². The summed E-state index contributed by atoms with van der Waals surface area (Å²) in [6.45, 7) is 5.30. The number of carbonyl (C=O) groups excluding carboxylic acids is 1. The van der Waals surface area contributed by atoms with Gasteiger partial charge in [0, 0.05) is 24.3 Å². The van der Waals surface area contributed by atoms with E-state index < -0.39 is 11.9 Å². The first-order valence-electron chi connectivity index (χ1n) is 11.4. The maximum Gasteiger partial charge on any atom is 0.435 e. The molecule has 1 aromatic carbocycles. The van der Waals surface area contributed by atoms with Crippen molar-refractivity contribution in [3.8, 4) is 0 Å². The average Bonchev–Trinajstić information content (AvgIpc) is 3.09. The van der Waals surface area contributed by atoms with Gasteiger partial charge in [-0.2, -0.15) is 18.3 Å². The number of anilines is 2. The molecule has 3 aliphatic rings. The average molecular weight is 447 g/mol. The van der Waals surface area contributed by atoms with Gasteiger partial charge < -0.3 is 10.2 Å². The second kappa shape index (κ2) is 7.52. The maximum atomic E-state index is 13.0. The number of hydrogen-bond acceptors (Lipinski definition) is 3. The quantitative estimate of drug-likeness (QED) is 0.680. The molecule has 8 heteroatoms. The summed E-state index contributed by atoms with van der Waals surface area (Å²) in [5, 5.41) is 6.81. The monoisotopic (exact) mass is 446 g/mol. The summed E-state index contributed by atoms with van der Waals surface area (Å²) in [6.07, 6.45) is 2.55. The molecule has 5 nitrogen and oxygen atoms in total. The van der Waals surface area contributed by atoms with Crippen molar-refractivity contribution in [1.82, 2.24) is 9.78 Å². The maximum absolute atomic E-state index is 13.0. The minimum atomic E-state index is -4.43. The fraction of sp³-hybridized carbons (Fsp3) is 0.583. The third-order valence-electron chi connectivity index (χ3n) is 7.57. The molecule has 1 aliphatic heterocycles. The minimum Gasteiger partial charge on any atom is -0.364 e. The van der Waals surface area contributed by atoms with Crippen LogP contribution in [0, 0.1) is 25.2 Å². The van der Waals surface area contributed by atoms with Crippen LogP contribution in [0.4, 0.5) is 24.5 Å². The Morgan fingerprint density at radius 1 is 1.16 bits per heavy atom. The Morgan fingerprint density at radius 2 is 1.84 bits per heavy atom. The number of halogens is 3. The van der Waals surface area contributed by atoms with Crippen molar-refractivity contribution in [1.29, 1.82) is 0 Å². The highest BCUT2D eigenvalue weighted by atomic mass is 19.4. The molecule has 0 unspecified atom stereocenters. The van der Waals surface area contributed by atoms with Gasteiger partial charge in [0.1, 0.15) is 0 Å². The Kier molecular flexibility index (Phi) is 5.02. The third-order valence-corrected chi connectivity index (χ3v) is 7.57. The first-order chi connectivity index (χ1) is 15.1. The van der Waals surface area contributed by atoms with E-state index in [1.54, 1.807) is 0 Å².